The third-order valence-electron chi connectivity index (χ3n) is 2.00. The summed E-state index contributed by atoms with van der Waals surface area (Å²) in [5, 5.41) is 0. The third kappa shape index (κ3) is 3.07. The van der Waals surface area contributed by atoms with Gasteiger partial charge in [-0.15, -0.1) is 11.8 Å². The molecular formula is C12H18S. The zero-order valence-electron chi connectivity index (χ0n) is 8.71. The summed E-state index contributed by atoms with van der Waals surface area (Å²) in [7, 11) is 0. The van der Waals surface area contributed by atoms with Gasteiger partial charge in [-0.2, -0.15) is 0 Å². The molecule has 0 amide bonds. The molecule has 0 aromatic heterocycles. The first-order valence-electron chi connectivity index (χ1n) is 4.97. The van der Waals surface area contributed by atoms with E-state index in [0.29, 0.717) is 5.92 Å². The highest BCUT2D eigenvalue weighted by molar-refractivity contribution is 7.99. The monoisotopic (exact) mass is 194 g/mol. The second-order valence-corrected chi connectivity index (χ2v) is 4.68. The highest BCUT2D eigenvalue weighted by atomic mass is 32.2. The fourth-order valence-corrected chi connectivity index (χ4v) is 2.37. The molecule has 0 aliphatic carbocycles. The van der Waals surface area contributed by atoms with Gasteiger partial charge in [0.1, 0.15) is 0 Å². The molecule has 0 N–H and O–H groups in total. The maximum Gasteiger partial charge on any atom is 0.0107 e. The molecule has 72 valence electrons. The van der Waals surface area contributed by atoms with Gasteiger partial charge in [0.15, 0.2) is 0 Å². The van der Waals surface area contributed by atoms with Crippen LogP contribution in [0.3, 0.4) is 0 Å². The molecule has 0 saturated heterocycles. The molecule has 0 nitrogen and oxygen atoms in total. The Labute approximate surface area is 85.7 Å². The molecule has 1 aromatic carbocycles. The van der Waals surface area contributed by atoms with E-state index in [4.69, 9.17) is 0 Å². The normalized spacial score (nSPS) is 10.8. The topological polar surface area (TPSA) is 0 Å². The zero-order chi connectivity index (χ0) is 9.68. The van der Waals surface area contributed by atoms with Gasteiger partial charge >= 0.3 is 0 Å². The van der Waals surface area contributed by atoms with Crippen LogP contribution in [0, 0.1) is 0 Å². The molecule has 0 saturated carbocycles. The SMILES string of the molecule is CCCSc1ccccc1C(C)C. The van der Waals surface area contributed by atoms with Crippen LogP contribution in [-0.4, -0.2) is 5.75 Å². The highest BCUT2D eigenvalue weighted by Gasteiger charge is 2.04. The Morgan fingerprint density at radius 2 is 1.92 bits per heavy atom. The van der Waals surface area contributed by atoms with Crippen LogP contribution in [0.15, 0.2) is 29.2 Å². The largest absolute Gasteiger partial charge is 0.126 e. The molecule has 0 atom stereocenters. The quantitative estimate of drug-likeness (QED) is 0.643. The number of benzene rings is 1. The summed E-state index contributed by atoms with van der Waals surface area (Å²) < 4.78 is 0. The second-order valence-electron chi connectivity index (χ2n) is 3.54. The van der Waals surface area contributed by atoms with Crippen molar-refractivity contribution in [2.75, 3.05) is 5.75 Å². The minimum absolute atomic E-state index is 0.639. The van der Waals surface area contributed by atoms with Crippen molar-refractivity contribution in [1.82, 2.24) is 0 Å². The lowest BCUT2D eigenvalue weighted by Gasteiger charge is -2.11. The molecule has 0 unspecified atom stereocenters. The van der Waals surface area contributed by atoms with Gasteiger partial charge < -0.3 is 0 Å². The molecule has 0 aliphatic rings. The lowest BCUT2D eigenvalue weighted by molar-refractivity contribution is 0.842. The molecule has 1 aromatic rings. The van der Waals surface area contributed by atoms with Crippen molar-refractivity contribution in [3.8, 4) is 0 Å². The van der Waals surface area contributed by atoms with E-state index in [-0.39, 0.29) is 0 Å². The average Bonchev–Trinajstić information content (AvgIpc) is 2.15. The summed E-state index contributed by atoms with van der Waals surface area (Å²) in [6.07, 6.45) is 1.25. The van der Waals surface area contributed by atoms with Gasteiger partial charge in [0, 0.05) is 4.90 Å². The van der Waals surface area contributed by atoms with E-state index in [1.165, 1.54) is 22.6 Å². The van der Waals surface area contributed by atoms with Crippen molar-refractivity contribution in [2.24, 2.45) is 0 Å². The number of rotatable bonds is 4. The molecule has 0 fully saturated rings. The van der Waals surface area contributed by atoms with Crippen LogP contribution in [0.5, 0.6) is 0 Å². The van der Waals surface area contributed by atoms with Crippen molar-refractivity contribution in [1.29, 1.82) is 0 Å². The van der Waals surface area contributed by atoms with Crippen LogP contribution < -0.4 is 0 Å². The van der Waals surface area contributed by atoms with Gasteiger partial charge in [-0.05, 0) is 29.7 Å². The van der Waals surface area contributed by atoms with E-state index in [0.717, 1.165) is 0 Å². The minimum atomic E-state index is 0.639. The van der Waals surface area contributed by atoms with Gasteiger partial charge in [0.2, 0.25) is 0 Å². The summed E-state index contributed by atoms with van der Waals surface area (Å²) in [5.41, 5.74) is 1.49. The van der Waals surface area contributed by atoms with E-state index in [2.05, 4.69) is 45.0 Å². The summed E-state index contributed by atoms with van der Waals surface area (Å²) in [5.74, 6) is 1.87. The van der Waals surface area contributed by atoms with Crippen molar-refractivity contribution in [3.05, 3.63) is 29.8 Å². The van der Waals surface area contributed by atoms with Gasteiger partial charge in [0.25, 0.3) is 0 Å². The fourth-order valence-electron chi connectivity index (χ4n) is 1.30. The second kappa shape index (κ2) is 5.33. The van der Waals surface area contributed by atoms with E-state index < -0.39 is 0 Å². The van der Waals surface area contributed by atoms with Crippen LogP contribution in [0.4, 0.5) is 0 Å². The van der Waals surface area contributed by atoms with Crippen molar-refractivity contribution >= 4 is 11.8 Å². The van der Waals surface area contributed by atoms with Crippen LogP contribution in [-0.2, 0) is 0 Å². The summed E-state index contributed by atoms with van der Waals surface area (Å²) in [6.45, 7) is 6.74. The van der Waals surface area contributed by atoms with Crippen LogP contribution >= 0.6 is 11.8 Å². The summed E-state index contributed by atoms with van der Waals surface area (Å²) in [4.78, 5) is 1.46. The van der Waals surface area contributed by atoms with Crippen LogP contribution in [0.2, 0.25) is 0 Å². The number of thioether (sulfide) groups is 1. The van der Waals surface area contributed by atoms with E-state index in [1.807, 2.05) is 11.8 Å². The smallest absolute Gasteiger partial charge is 0.0107 e. The van der Waals surface area contributed by atoms with Gasteiger partial charge in [-0.3, -0.25) is 0 Å². The zero-order valence-corrected chi connectivity index (χ0v) is 9.53. The Balaban J connectivity index is 2.78. The Hall–Kier alpha value is -0.430. The molecule has 0 aliphatic heterocycles. The summed E-state index contributed by atoms with van der Waals surface area (Å²) in [6, 6.07) is 8.73. The minimum Gasteiger partial charge on any atom is -0.126 e. The average molecular weight is 194 g/mol. The molecule has 13 heavy (non-hydrogen) atoms. The first-order chi connectivity index (χ1) is 6.25. The Kier molecular flexibility index (Phi) is 4.37. The maximum atomic E-state index is 2.26. The van der Waals surface area contributed by atoms with Crippen molar-refractivity contribution in [3.63, 3.8) is 0 Å². The number of hydrogen-bond donors (Lipinski definition) is 0. The molecule has 1 heteroatoms. The lowest BCUT2D eigenvalue weighted by atomic mass is 10.0. The fraction of sp³-hybridized carbons (Fsp3) is 0.500. The Morgan fingerprint density at radius 3 is 2.54 bits per heavy atom. The van der Waals surface area contributed by atoms with Gasteiger partial charge in [0.05, 0.1) is 0 Å². The predicted octanol–water partition coefficient (Wildman–Crippen LogP) is 4.31. The van der Waals surface area contributed by atoms with Crippen molar-refractivity contribution in [2.45, 2.75) is 38.0 Å². The standard InChI is InChI=1S/C12H18S/c1-4-9-13-12-8-6-5-7-11(12)10(2)3/h5-8,10H,4,9H2,1-3H3. The molecule has 0 bridgehead atoms. The molecule has 0 spiro atoms. The Bertz CT molecular complexity index is 253. The van der Waals surface area contributed by atoms with Crippen LogP contribution in [0.1, 0.15) is 38.7 Å². The maximum absolute atomic E-state index is 2.26. The third-order valence-corrected chi connectivity index (χ3v) is 3.30. The van der Waals surface area contributed by atoms with E-state index >= 15 is 0 Å². The Morgan fingerprint density at radius 1 is 1.23 bits per heavy atom. The van der Waals surface area contributed by atoms with Gasteiger partial charge in [-0.25, -0.2) is 0 Å². The highest BCUT2D eigenvalue weighted by Crippen LogP contribution is 2.28. The van der Waals surface area contributed by atoms with Crippen LogP contribution in [0.25, 0.3) is 0 Å². The molecule has 0 heterocycles. The lowest BCUT2D eigenvalue weighted by Crippen LogP contribution is -1.90. The predicted molar refractivity (Wildman–Crippen MR) is 61.5 cm³/mol. The first kappa shape index (κ1) is 10.6. The van der Waals surface area contributed by atoms with E-state index in [9.17, 15) is 0 Å². The molecule has 0 radical (unpaired) electrons. The molecular weight excluding hydrogens is 176 g/mol. The van der Waals surface area contributed by atoms with E-state index in [1.54, 1.807) is 0 Å². The van der Waals surface area contributed by atoms with Gasteiger partial charge in [-0.1, -0.05) is 39.0 Å². The summed E-state index contributed by atoms with van der Waals surface area (Å²) >= 11 is 1.98. The molecule has 1 rings (SSSR count). The van der Waals surface area contributed by atoms with Crippen molar-refractivity contribution < 1.29 is 0 Å². The first-order valence-corrected chi connectivity index (χ1v) is 5.96. The number of hydrogen-bond acceptors (Lipinski definition) is 1.